The zero-order chi connectivity index (χ0) is 28.1. The smallest absolute Gasteiger partial charge is 0.302 e. The van der Waals surface area contributed by atoms with Gasteiger partial charge in [0.2, 0.25) is 0 Å². The second kappa shape index (κ2) is 10.2. The van der Waals surface area contributed by atoms with Gasteiger partial charge in [0.15, 0.2) is 22.9 Å². The third-order valence-electron chi connectivity index (χ3n) is 6.03. The summed E-state index contributed by atoms with van der Waals surface area (Å²) in [5, 5.41) is 11.5. The molecule has 0 spiro atoms. The van der Waals surface area contributed by atoms with E-state index in [2.05, 4.69) is 20.5 Å². The van der Waals surface area contributed by atoms with E-state index in [9.17, 15) is 18.0 Å². The van der Waals surface area contributed by atoms with E-state index < -0.39 is 17.8 Å². The molecule has 7 nitrogen and oxygen atoms in total. The highest BCUT2D eigenvalue weighted by atomic mass is 35.5. The summed E-state index contributed by atoms with van der Waals surface area (Å²) in [6, 6.07) is 12.4. The van der Waals surface area contributed by atoms with Crippen molar-refractivity contribution in [2.24, 2.45) is 0 Å². The number of hydrogen-bond donors (Lipinski definition) is 1. The highest BCUT2D eigenvalue weighted by Gasteiger charge is 2.35. The van der Waals surface area contributed by atoms with Crippen molar-refractivity contribution in [3.8, 4) is 11.3 Å². The number of amides is 1. The summed E-state index contributed by atoms with van der Waals surface area (Å²) in [5.74, 6) is -0.790. The highest BCUT2D eigenvalue weighted by Crippen LogP contribution is 2.33. The highest BCUT2D eigenvalue weighted by molar-refractivity contribution is 6.42. The Morgan fingerprint density at radius 2 is 1.69 bits per heavy atom. The number of aryl methyl sites for hydroxylation is 2. The largest absolute Gasteiger partial charge is 0.433 e. The number of rotatable bonds is 5. The lowest BCUT2D eigenvalue weighted by molar-refractivity contribution is -0.142. The van der Waals surface area contributed by atoms with Crippen LogP contribution >= 0.6 is 34.8 Å². The van der Waals surface area contributed by atoms with Gasteiger partial charge in [-0.1, -0.05) is 53.0 Å². The molecule has 13 heteroatoms. The minimum absolute atomic E-state index is 0.0126. The number of alkyl halides is 3. The number of fused-ring (bicyclic) bond motifs is 1. The standard InChI is InChI=1S/C26H18Cl3F3N6O/c1-13-3-5-16(7-14(13)2)20-9-22(26(30,31)32)38-23(33-20)10-21(35-38)25(39)34-24-19(29)12-37(36-24)11-15-4-6-17(27)18(28)8-15/h3-10,12H,11H2,1-2H3,(H,34,36,39). The van der Waals surface area contributed by atoms with Gasteiger partial charge >= 0.3 is 6.18 Å². The Labute approximate surface area is 235 Å². The molecule has 5 aromatic rings. The van der Waals surface area contributed by atoms with Crippen LogP contribution in [0.15, 0.2) is 54.7 Å². The molecule has 0 aliphatic rings. The summed E-state index contributed by atoms with van der Waals surface area (Å²) >= 11 is 18.2. The van der Waals surface area contributed by atoms with Gasteiger partial charge in [0.25, 0.3) is 5.91 Å². The van der Waals surface area contributed by atoms with Crippen LogP contribution in [-0.4, -0.2) is 30.3 Å². The molecule has 0 saturated carbocycles. The summed E-state index contributed by atoms with van der Waals surface area (Å²) in [6.45, 7) is 4.04. The van der Waals surface area contributed by atoms with E-state index >= 15 is 0 Å². The molecule has 0 atom stereocenters. The van der Waals surface area contributed by atoms with Gasteiger partial charge in [-0.3, -0.25) is 9.48 Å². The number of carbonyl (C=O) groups excluding carboxylic acids is 1. The number of benzene rings is 2. The average molecular weight is 594 g/mol. The lowest BCUT2D eigenvalue weighted by atomic mass is 10.0. The van der Waals surface area contributed by atoms with Gasteiger partial charge in [0.1, 0.15) is 5.02 Å². The van der Waals surface area contributed by atoms with Crippen LogP contribution in [0.3, 0.4) is 0 Å². The first-order valence-corrected chi connectivity index (χ1v) is 12.6. The Balaban J connectivity index is 1.45. The van der Waals surface area contributed by atoms with Crippen LogP contribution in [0.1, 0.15) is 32.9 Å². The minimum Gasteiger partial charge on any atom is -0.302 e. The SMILES string of the molecule is Cc1ccc(-c2cc(C(F)(F)F)n3nc(C(=O)Nc4nn(Cc5ccc(Cl)c(Cl)c5)cc4Cl)cc3n2)cc1C. The van der Waals surface area contributed by atoms with Gasteiger partial charge in [0, 0.05) is 17.8 Å². The van der Waals surface area contributed by atoms with Gasteiger partial charge in [0.05, 0.1) is 22.3 Å². The molecule has 1 N–H and O–H groups in total. The Bertz CT molecular complexity index is 1750. The summed E-state index contributed by atoms with van der Waals surface area (Å²) in [4.78, 5) is 17.3. The van der Waals surface area contributed by atoms with E-state index in [-0.39, 0.29) is 34.4 Å². The third-order valence-corrected chi connectivity index (χ3v) is 7.05. The van der Waals surface area contributed by atoms with E-state index in [0.717, 1.165) is 22.8 Å². The Hall–Kier alpha value is -3.60. The van der Waals surface area contributed by atoms with Crippen LogP contribution in [-0.2, 0) is 12.7 Å². The zero-order valence-corrected chi connectivity index (χ0v) is 22.6. The first-order valence-electron chi connectivity index (χ1n) is 11.4. The molecule has 0 aliphatic heterocycles. The maximum atomic E-state index is 14.0. The Morgan fingerprint density at radius 3 is 2.38 bits per heavy atom. The molecule has 1 amide bonds. The molecule has 0 radical (unpaired) electrons. The number of nitrogens with one attached hydrogen (secondary N) is 1. The quantitative estimate of drug-likeness (QED) is 0.229. The van der Waals surface area contributed by atoms with E-state index in [0.29, 0.717) is 20.1 Å². The van der Waals surface area contributed by atoms with Crippen LogP contribution < -0.4 is 5.32 Å². The topological polar surface area (TPSA) is 77.1 Å². The minimum atomic E-state index is -4.75. The predicted octanol–water partition coefficient (Wildman–Crippen LogP) is 7.49. The predicted molar refractivity (Wildman–Crippen MR) is 144 cm³/mol. The Morgan fingerprint density at radius 1 is 0.923 bits per heavy atom. The maximum absolute atomic E-state index is 14.0. The molecule has 200 valence electrons. The fraction of sp³-hybridized carbons (Fsp3) is 0.154. The number of aromatic nitrogens is 5. The average Bonchev–Trinajstić information content (AvgIpc) is 3.45. The van der Waals surface area contributed by atoms with E-state index in [1.54, 1.807) is 30.3 Å². The zero-order valence-electron chi connectivity index (χ0n) is 20.3. The van der Waals surface area contributed by atoms with E-state index in [4.69, 9.17) is 34.8 Å². The molecule has 3 aromatic heterocycles. The molecule has 0 aliphatic carbocycles. The Kier molecular flexibility index (Phi) is 7.04. The molecule has 2 aromatic carbocycles. The van der Waals surface area contributed by atoms with Crippen molar-refractivity contribution in [1.82, 2.24) is 24.4 Å². The van der Waals surface area contributed by atoms with Crippen molar-refractivity contribution in [2.45, 2.75) is 26.6 Å². The first kappa shape index (κ1) is 27.0. The lowest BCUT2D eigenvalue weighted by Gasteiger charge is -2.11. The van der Waals surface area contributed by atoms with Crippen LogP contribution in [0.25, 0.3) is 16.9 Å². The molecule has 3 heterocycles. The van der Waals surface area contributed by atoms with Crippen molar-refractivity contribution in [2.75, 3.05) is 5.32 Å². The summed E-state index contributed by atoms with van der Waals surface area (Å²) in [5.41, 5.74) is 1.81. The van der Waals surface area contributed by atoms with Gasteiger partial charge in [-0.05, 0) is 54.8 Å². The number of nitrogens with zero attached hydrogens (tertiary/aromatic N) is 5. The van der Waals surface area contributed by atoms with Crippen molar-refractivity contribution in [3.63, 3.8) is 0 Å². The van der Waals surface area contributed by atoms with Gasteiger partial charge < -0.3 is 5.32 Å². The number of carbonyl (C=O) groups is 1. The van der Waals surface area contributed by atoms with Crippen LogP contribution in [0.4, 0.5) is 19.0 Å². The molecular weight excluding hydrogens is 576 g/mol. The van der Waals surface area contributed by atoms with Gasteiger partial charge in [-0.15, -0.1) is 0 Å². The summed E-state index contributed by atoms with van der Waals surface area (Å²) < 4.78 is 44.0. The first-order chi connectivity index (χ1) is 18.4. The normalized spacial score (nSPS) is 11.8. The van der Waals surface area contributed by atoms with Crippen LogP contribution in [0.2, 0.25) is 15.1 Å². The summed E-state index contributed by atoms with van der Waals surface area (Å²) in [7, 11) is 0. The fourth-order valence-corrected chi connectivity index (χ4v) is 4.41. The molecular formula is C26H18Cl3F3N6O. The van der Waals surface area contributed by atoms with Crippen molar-refractivity contribution >= 4 is 52.2 Å². The van der Waals surface area contributed by atoms with Crippen molar-refractivity contribution in [1.29, 1.82) is 0 Å². The summed E-state index contributed by atoms with van der Waals surface area (Å²) in [6.07, 6.45) is -3.26. The number of halogens is 6. The van der Waals surface area contributed by atoms with Crippen molar-refractivity contribution in [3.05, 3.63) is 97.9 Å². The van der Waals surface area contributed by atoms with Gasteiger partial charge in [-0.2, -0.15) is 23.4 Å². The number of hydrogen-bond acceptors (Lipinski definition) is 4. The van der Waals surface area contributed by atoms with Crippen molar-refractivity contribution < 1.29 is 18.0 Å². The maximum Gasteiger partial charge on any atom is 0.433 e. The molecule has 0 saturated heterocycles. The van der Waals surface area contributed by atoms with E-state index in [1.807, 2.05) is 19.9 Å². The molecule has 0 unspecified atom stereocenters. The molecule has 5 rings (SSSR count). The third kappa shape index (κ3) is 5.59. The molecule has 39 heavy (non-hydrogen) atoms. The monoisotopic (exact) mass is 592 g/mol. The lowest BCUT2D eigenvalue weighted by Crippen LogP contribution is -2.16. The van der Waals surface area contributed by atoms with Crippen LogP contribution in [0, 0.1) is 13.8 Å². The second-order valence-electron chi connectivity index (χ2n) is 8.85. The molecule has 0 bridgehead atoms. The second-order valence-corrected chi connectivity index (χ2v) is 10.1. The van der Waals surface area contributed by atoms with E-state index in [1.165, 1.54) is 16.9 Å². The van der Waals surface area contributed by atoms with Crippen LogP contribution in [0.5, 0.6) is 0 Å². The number of anilines is 1. The fourth-order valence-electron chi connectivity index (χ4n) is 3.90. The van der Waals surface area contributed by atoms with Gasteiger partial charge in [-0.25, -0.2) is 9.50 Å². The molecule has 0 fully saturated rings.